The normalized spacial score (nSPS) is 12.1. The van der Waals surface area contributed by atoms with Gasteiger partial charge >= 0.3 is 0 Å². The number of halogens is 2. The number of anilines is 1. The van der Waals surface area contributed by atoms with Gasteiger partial charge in [-0.1, -0.05) is 29.8 Å². The highest BCUT2D eigenvalue weighted by molar-refractivity contribution is 7.94. The summed E-state index contributed by atoms with van der Waals surface area (Å²) in [6.07, 6.45) is 0. The summed E-state index contributed by atoms with van der Waals surface area (Å²) >= 11 is 11.6. The molecule has 0 aliphatic rings. The van der Waals surface area contributed by atoms with E-state index < -0.39 is 24.9 Å². The third kappa shape index (κ3) is 3.36. The van der Waals surface area contributed by atoms with E-state index in [9.17, 15) is 16.8 Å². The molecule has 0 aromatic heterocycles. The fourth-order valence-corrected chi connectivity index (χ4v) is 4.25. The second-order valence-corrected chi connectivity index (χ2v) is 8.48. The van der Waals surface area contributed by atoms with Crippen LogP contribution in [0.3, 0.4) is 0 Å². The zero-order valence-corrected chi connectivity index (χ0v) is 14.0. The summed E-state index contributed by atoms with van der Waals surface area (Å²) in [5.74, 6) is 0. The summed E-state index contributed by atoms with van der Waals surface area (Å²) in [7, 11) is -8.37. The molecule has 0 bridgehead atoms. The molecule has 2 aromatic carbocycles. The molecule has 0 heterocycles. The first kappa shape index (κ1) is 17.0. The van der Waals surface area contributed by atoms with E-state index in [1.54, 1.807) is 6.07 Å². The second kappa shape index (κ2) is 6.05. The minimum atomic E-state index is -4.22. The van der Waals surface area contributed by atoms with Crippen LogP contribution in [0.1, 0.15) is 0 Å². The Bertz CT molecular complexity index is 900. The van der Waals surface area contributed by atoms with Crippen molar-refractivity contribution < 1.29 is 16.8 Å². The van der Waals surface area contributed by atoms with Crippen LogP contribution in [0.2, 0.25) is 5.02 Å². The van der Waals surface area contributed by atoms with Crippen molar-refractivity contribution in [1.82, 2.24) is 0 Å². The number of hydrogen-bond donors (Lipinski definition) is 1. The van der Waals surface area contributed by atoms with Crippen molar-refractivity contribution in [3.8, 4) is 0 Å². The number of hydrogen-bond acceptors (Lipinski definition) is 4. The molecule has 0 saturated carbocycles. The second-order valence-electron chi connectivity index (χ2n) is 4.19. The van der Waals surface area contributed by atoms with Crippen LogP contribution in [-0.4, -0.2) is 16.8 Å². The number of primary sulfonamides is 1. The van der Waals surface area contributed by atoms with Gasteiger partial charge in [-0.2, -0.15) is 12.2 Å². The predicted octanol–water partition coefficient (Wildman–Crippen LogP) is 2.34. The number of sulfonamides is 2. The van der Waals surface area contributed by atoms with Gasteiger partial charge in [-0.3, -0.25) is 0 Å². The molecular formula is C12H10Cl2N2O4S2. The zero-order chi connectivity index (χ0) is 16.5. The number of nitrogens with zero attached hydrogens (tertiary/aromatic N) is 1. The Kier molecular flexibility index (Phi) is 4.69. The van der Waals surface area contributed by atoms with E-state index in [-0.39, 0.29) is 15.6 Å². The predicted molar refractivity (Wildman–Crippen MR) is 84.8 cm³/mol. The Balaban J connectivity index is 2.63. The van der Waals surface area contributed by atoms with Gasteiger partial charge in [0.2, 0.25) is 10.0 Å². The van der Waals surface area contributed by atoms with Gasteiger partial charge in [0, 0.05) is 16.8 Å². The van der Waals surface area contributed by atoms with Crippen molar-refractivity contribution in [3.05, 3.63) is 53.6 Å². The maximum absolute atomic E-state index is 12.4. The number of nitrogens with two attached hydrogens (primary N) is 1. The van der Waals surface area contributed by atoms with E-state index in [0.717, 1.165) is 12.1 Å². The summed E-state index contributed by atoms with van der Waals surface area (Å²) in [6.45, 7) is 0. The molecule has 2 N–H and O–H groups in total. The average Bonchev–Trinajstić information content (AvgIpc) is 2.46. The molecule has 10 heteroatoms. The Morgan fingerprint density at radius 2 is 1.55 bits per heavy atom. The molecule has 0 aliphatic carbocycles. The zero-order valence-electron chi connectivity index (χ0n) is 10.8. The van der Waals surface area contributed by atoms with Crippen LogP contribution in [0.15, 0.2) is 58.3 Å². The molecule has 0 atom stereocenters. The lowest BCUT2D eigenvalue weighted by Crippen LogP contribution is -2.24. The fraction of sp³-hybridized carbons (Fsp3) is 0. The van der Waals surface area contributed by atoms with E-state index in [1.807, 2.05) is 0 Å². The maximum atomic E-state index is 12.4. The SMILES string of the molecule is NS(=O)(=O)c1cc(Cl)ccc1N(Cl)S(=O)(=O)c1ccccc1. The highest BCUT2D eigenvalue weighted by atomic mass is 35.5. The van der Waals surface area contributed by atoms with Crippen LogP contribution in [-0.2, 0) is 20.0 Å². The van der Waals surface area contributed by atoms with Crippen molar-refractivity contribution in [2.24, 2.45) is 5.14 Å². The molecule has 2 rings (SSSR count). The molecular weight excluding hydrogens is 371 g/mol. The van der Waals surface area contributed by atoms with Crippen LogP contribution in [0.4, 0.5) is 5.69 Å². The van der Waals surface area contributed by atoms with Crippen LogP contribution >= 0.6 is 23.4 Å². The van der Waals surface area contributed by atoms with E-state index in [1.165, 1.54) is 30.3 Å². The molecule has 22 heavy (non-hydrogen) atoms. The Labute approximate surface area is 138 Å². The van der Waals surface area contributed by atoms with E-state index >= 15 is 0 Å². The molecule has 0 saturated heterocycles. The molecule has 0 spiro atoms. The van der Waals surface area contributed by atoms with Gasteiger partial charge in [0.25, 0.3) is 10.0 Å². The van der Waals surface area contributed by atoms with Crippen LogP contribution in [0.5, 0.6) is 0 Å². The topological polar surface area (TPSA) is 97.5 Å². The third-order valence-electron chi connectivity index (χ3n) is 2.67. The maximum Gasteiger partial charge on any atom is 0.278 e. The van der Waals surface area contributed by atoms with Crippen molar-refractivity contribution >= 4 is 49.1 Å². The Hall–Kier alpha value is -1.32. The van der Waals surface area contributed by atoms with Gasteiger partial charge in [0.05, 0.1) is 10.6 Å². The molecule has 0 fully saturated rings. The minimum absolute atomic E-state index is 0.0787. The summed E-state index contributed by atoms with van der Waals surface area (Å²) in [5.41, 5.74) is -0.308. The molecule has 118 valence electrons. The van der Waals surface area contributed by atoms with E-state index in [0.29, 0.717) is 3.82 Å². The lowest BCUT2D eigenvalue weighted by atomic mass is 10.3. The Morgan fingerprint density at radius 1 is 0.955 bits per heavy atom. The molecule has 0 aliphatic heterocycles. The van der Waals surface area contributed by atoms with Crippen LogP contribution in [0, 0.1) is 0 Å². The highest BCUT2D eigenvalue weighted by Gasteiger charge is 2.28. The van der Waals surface area contributed by atoms with Crippen LogP contribution in [0.25, 0.3) is 0 Å². The van der Waals surface area contributed by atoms with E-state index in [2.05, 4.69) is 0 Å². The third-order valence-corrected chi connectivity index (χ3v) is 6.06. The molecule has 0 unspecified atom stereocenters. The Morgan fingerprint density at radius 3 is 2.09 bits per heavy atom. The van der Waals surface area contributed by atoms with Crippen molar-refractivity contribution in [2.75, 3.05) is 3.82 Å². The number of benzene rings is 2. The smallest absolute Gasteiger partial charge is 0.225 e. The van der Waals surface area contributed by atoms with Crippen molar-refractivity contribution in [3.63, 3.8) is 0 Å². The minimum Gasteiger partial charge on any atom is -0.225 e. The summed E-state index contributed by atoms with van der Waals surface area (Å²) in [6, 6.07) is 10.8. The van der Waals surface area contributed by atoms with Crippen LogP contribution < -0.4 is 8.96 Å². The standard InChI is InChI=1S/C12H10Cl2N2O4S2/c13-9-6-7-11(12(8-9)21(15,17)18)16(14)22(19,20)10-4-2-1-3-5-10/h1-8H,(H2,15,17,18). The first-order valence-corrected chi connectivity index (χ1v) is 9.43. The van der Waals surface area contributed by atoms with Gasteiger partial charge in [-0.05, 0) is 30.3 Å². The van der Waals surface area contributed by atoms with Gasteiger partial charge in [0.15, 0.2) is 0 Å². The largest absolute Gasteiger partial charge is 0.278 e. The van der Waals surface area contributed by atoms with Crippen molar-refractivity contribution in [2.45, 2.75) is 9.79 Å². The first-order chi connectivity index (χ1) is 10.1. The summed E-state index contributed by atoms with van der Waals surface area (Å²) in [5, 5.41) is 5.16. The van der Waals surface area contributed by atoms with Gasteiger partial charge in [-0.15, -0.1) is 0 Å². The quantitative estimate of drug-likeness (QED) is 0.822. The average molecular weight is 381 g/mol. The number of rotatable bonds is 4. The lowest BCUT2D eigenvalue weighted by Gasteiger charge is -2.18. The van der Waals surface area contributed by atoms with Gasteiger partial charge in [-0.25, -0.2) is 13.6 Å². The monoisotopic (exact) mass is 380 g/mol. The fourth-order valence-electron chi connectivity index (χ4n) is 1.68. The molecule has 0 amide bonds. The van der Waals surface area contributed by atoms with Gasteiger partial charge in [0.1, 0.15) is 4.90 Å². The molecule has 2 aromatic rings. The molecule has 6 nitrogen and oxygen atoms in total. The highest BCUT2D eigenvalue weighted by Crippen LogP contribution is 2.33. The lowest BCUT2D eigenvalue weighted by molar-refractivity contribution is 0.597. The first-order valence-electron chi connectivity index (χ1n) is 5.72. The molecule has 0 radical (unpaired) electrons. The summed E-state index contributed by atoms with van der Waals surface area (Å²) < 4.78 is 48.4. The van der Waals surface area contributed by atoms with Gasteiger partial charge < -0.3 is 0 Å². The van der Waals surface area contributed by atoms with Crippen molar-refractivity contribution in [1.29, 1.82) is 0 Å². The van der Waals surface area contributed by atoms with E-state index in [4.69, 9.17) is 28.5 Å². The summed E-state index contributed by atoms with van der Waals surface area (Å²) in [4.78, 5) is -0.588.